The van der Waals surface area contributed by atoms with Gasteiger partial charge in [-0.15, -0.1) is 0 Å². The first kappa shape index (κ1) is 11.1. The van der Waals surface area contributed by atoms with Gasteiger partial charge < -0.3 is 9.88 Å². The molecule has 0 atom stereocenters. The Bertz CT molecular complexity index is 493. The van der Waals surface area contributed by atoms with E-state index in [1.54, 1.807) is 6.20 Å². The predicted octanol–water partition coefficient (Wildman–Crippen LogP) is 1.86. The number of pyridine rings is 1. The van der Waals surface area contributed by atoms with Crippen molar-refractivity contribution < 1.29 is 0 Å². The van der Waals surface area contributed by atoms with Crippen molar-refractivity contribution in [3.63, 3.8) is 0 Å². The second-order valence-corrected chi connectivity index (χ2v) is 5.05. The molecule has 0 aliphatic heterocycles. The largest absolute Gasteiger partial charge is 0.329 e. The standard InChI is InChI=1S/C12H18N4/c1-12(2,3)14-8-11-15-9-5-6-13-7-10(9)16(11)4/h5-7,14H,8H2,1-4H3. The van der Waals surface area contributed by atoms with Crippen LogP contribution in [0.1, 0.15) is 26.6 Å². The highest BCUT2D eigenvalue weighted by molar-refractivity contribution is 5.74. The van der Waals surface area contributed by atoms with Crippen molar-refractivity contribution in [3.05, 3.63) is 24.3 Å². The van der Waals surface area contributed by atoms with Crippen molar-refractivity contribution in [2.24, 2.45) is 7.05 Å². The molecular weight excluding hydrogens is 200 g/mol. The van der Waals surface area contributed by atoms with Crippen molar-refractivity contribution in [1.29, 1.82) is 0 Å². The fourth-order valence-electron chi connectivity index (χ4n) is 1.59. The Hall–Kier alpha value is -1.42. The van der Waals surface area contributed by atoms with Crippen LogP contribution in [0.5, 0.6) is 0 Å². The van der Waals surface area contributed by atoms with E-state index in [0.717, 1.165) is 23.4 Å². The third kappa shape index (κ3) is 2.22. The van der Waals surface area contributed by atoms with E-state index in [9.17, 15) is 0 Å². The van der Waals surface area contributed by atoms with E-state index in [0.29, 0.717) is 0 Å². The summed E-state index contributed by atoms with van der Waals surface area (Å²) in [7, 11) is 2.02. The summed E-state index contributed by atoms with van der Waals surface area (Å²) in [6.07, 6.45) is 3.62. The predicted molar refractivity (Wildman–Crippen MR) is 65.1 cm³/mol. The van der Waals surface area contributed by atoms with Crippen molar-refractivity contribution >= 4 is 11.0 Å². The van der Waals surface area contributed by atoms with Crippen LogP contribution in [0, 0.1) is 0 Å². The van der Waals surface area contributed by atoms with Gasteiger partial charge in [0.2, 0.25) is 0 Å². The lowest BCUT2D eigenvalue weighted by molar-refractivity contribution is 0.415. The third-order valence-corrected chi connectivity index (χ3v) is 2.55. The second-order valence-electron chi connectivity index (χ2n) is 5.05. The molecule has 2 rings (SSSR count). The monoisotopic (exact) mass is 218 g/mol. The van der Waals surface area contributed by atoms with Gasteiger partial charge in [0.25, 0.3) is 0 Å². The molecule has 2 aromatic rings. The number of aryl methyl sites for hydroxylation is 1. The molecule has 2 aromatic heterocycles. The van der Waals surface area contributed by atoms with Gasteiger partial charge in [-0.05, 0) is 26.8 Å². The molecule has 0 spiro atoms. The van der Waals surface area contributed by atoms with Crippen LogP contribution < -0.4 is 5.32 Å². The highest BCUT2D eigenvalue weighted by Gasteiger charge is 2.12. The molecule has 1 N–H and O–H groups in total. The molecule has 0 aromatic carbocycles. The maximum Gasteiger partial charge on any atom is 0.123 e. The van der Waals surface area contributed by atoms with E-state index in [-0.39, 0.29) is 5.54 Å². The second kappa shape index (κ2) is 3.87. The summed E-state index contributed by atoms with van der Waals surface area (Å²) in [4.78, 5) is 8.69. The van der Waals surface area contributed by atoms with Crippen molar-refractivity contribution in [2.45, 2.75) is 32.9 Å². The smallest absolute Gasteiger partial charge is 0.123 e. The average molecular weight is 218 g/mol. The van der Waals surface area contributed by atoms with Crippen LogP contribution in [0.3, 0.4) is 0 Å². The highest BCUT2D eigenvalue weighted by atomic mass is 15.1. The summed E-state index contributed by atoms with van der Waals surface area (Å²) < 4.78 is 2.08. The minimum absolute atomic E-state index is 0.108. The zero-order chi connectivity index (χ0) is 11.8. The fraction of sp³-hybridized carbons (Fsp3) is 0.500. The average Bonchev–Trinajstić information content (AvgIpc) is 2.53. The Morgan fingerprint density at radius 2 is 2.12 bits per heavy atom. The van der Waals surface area contributed by atoms with Gasteiger partial charge >= 0.3 is 0 Å². The minimum Gasteiger partial charge on any atom is -0.329 e. The van der Waals surface area contributed by atoms with E-state index < -0.39 is 0 Å². The number of nitrogens with one attached hydrogen (secondary N) is 1. The first-order chi connectivity index (χ1) is 7.47. The van der Waals surface area contributed by atoms with Gasteiger partial charge in [0, 0.05) is 18.8 Å². The lowest BCUT2D eigenvalue weighted by atomic mass is 10.1. The Kier molecular flexibility index (Phi) is 2.68. The van der Waals surface area contributed by atoms with Gasteiger partial charge in [-0.3, -0.25) is 4.98 Å². The van der Waals surface area contributed by atoms with E-state index in [2.05, 4.69) is 40.6 Å². The number of nitrogens with zero attached hydrogens (tertiary/aromatic N) is 3. The topological polar surface area (TPSA) is 42.7 Å². The van der Waals surface area contributed by atoms with Crippen molar-refractivity contribution in [2.75, 3.05) is 0 Å². The van der Waals surface area contributed by atoms with Crippen LogP contribution >= 0.6 is 0 Å². The zero-order valence-electron chi connectivity index (χ0n) is 10.3. The molecular formula is C12H18N4. The molecule has 0 aliphatic carbocycles. The molecule has 16 heavy (non-hydrogen) atoms. The molecule has 86 valence electrons. The number of imidazole rings is 1. The highest BCUT2D eigenvalue weighted by Crippen LogP contribution is 2.13. The maximum atomic E-state index is 4.58. The number of aromatic nitrogens is 3. The number of hydrogen-bond donors (Lipinski definition) is 1. The lowest BCUT2D eigenvalue weighted by Crippen LogP contribution is -2.35. The molecule has 2 heterocycles. The summed E-state index contributed by atoms with van der Waals surface area (Å²) in [5.74, 6) is 1.04. The summed E-state index contributed by atoms with van der Waals surface area (Å²) in [6.45, 7) is 7.22. The van der Waals surface area contributed by atoms with Crippen LogP contribution in [0.2, 0.25) is 0 Å². The third-order valence-electron chi connectivity index (χ3n) is 2.55. The van der Waals surface area contributed by atoms with Gasteiger partial charge in [0.05, 0.1) is 23.8 Å². The maximum absolute atomic E-state index is 4.58. The normalized spacial score (nSPS) is 12.2. The Morgan fingerprint density at radius 1 is 1.38 bits per heavy atom. The van der Waals surface area contributed by atoms with E-state index >= 15 is 0 Å². The molecule has 0 aliphatic rings. The summed E-state index contributed by atoms with van der Waals surface area (Å²) in [6, 6.07) is 1.94. The summed E-state index contributed by atoms with van der Waals surface area (Å²) in [5, 5.41) is 3.44. The number of rotatable bonds is 2. The molecule has 0 saturated heterocycles. The number of hydrogen-bond acceptors (Lipinski definition) is 3. The van der Waals surface area contributed by atoms with Gasteiger partial charge in [0.1, 0.15) is 5.82 Å². The number of fused-ring (bicyclic) bond motifs is 1. The van der Waals surface area contributed by atoms with Crippen LogP contribution in [0.25, 0.3) is 11.0 Å². The first-order valence-electron chi connectivity index (χ1n) is 5.48. The van der Waals surface area contributed by atoms with E-state index in [4.69, 9.17) is 0 Å². The zero-order valence-corrected chi connectivity index (χ0v) is 10.3. The first-order valence-corrected chi connectivity index (χ1v) is 5.48. The van der Waals surface area contributed by atoms with Crippen LogP contribution in [-0.2, 0) is 13.6 Å². The van der Waals surface area contributed by atoms with Crippen LogP contribution in [0.15, 0.2) is 18.5 Å². The van der Waals surface area contributed by atoms with Gasteiger partial charge in [-0.25, -0.2) is 4.98 Å². The van der Waals surface area contributed by atoms with Crippen molar-refractivity contribution in [3.8, 4) is 0 Å². The molecule has 4 heteroatoms. The Balaban J connectivity index is 2.28. The van der Waals surface area contributed by atoms with Gasteiger partial charge in [0.15, 0.2) is 0 Å². The summed E-state index contributed by atoms with van der Waals surface area (Å²) in [5.41, 5.74) is 2.19. The van der Waals surface area contributed by atoms with E-state index in [1.165, 1.54) is 0 Å². The SMILES string of the molecule is Cn1c(CNC(C)(C)C)nc2ccncc21. The Morgan fingerprint density at radius 3 is 2.75 bits per heavy atom. The van der Waals surface area contributed by atoms with E-state index in [1.807, 2.05) is 19.3 Å². The Labute approximate surface area is 95.7 Å². The molecule has 0 fully saturated rings. The van der Waals surface area contributed by atoms with Gasteiger partial charge in [-0.2, -0.15) is 0 Å². The fourth-order valence-corrected chi connectivity index (χ4v) is 1.59. The van der Waals surface area contributed by atoms with Crippen molar-refractivity contribution in [1.82, 2.24) is 19.9 Å². The molecule has 0 saturated carbocycles. The van der Waals surface area contributed by atoms with Crippen LogP contribution in [0.4, 0.5) is 0 Å². The molecule has 4 nitrogen and oxygen atoms in total. The van der Waals surface area contributed by atoms with Crippen LogP contribution in [-0.4, -0.2) is 20.1 Å². The lowest BCUT2D eigenvalue weighted by Gasteiger charge is -2.20. The molecule has 0 amide bonds. The quantitative estimate of drug-likeness (QED) is 0.836. The minimum atomic E-state index is 0.108. The van der Waals surface area contributed by atoms with Gasteiger partial charge in [-0.1, -0.05) is 0 Å². The molecule has 0 bridgehead atoms. The molecule has 0 unspecified atom stereocenters. The summed E-state index contributed by atoms with van der Waals surface area (Å²) >= 11 is 0. The molecule has 0 radical (unpaired) electrons.